The van der Waals surface area contributed by atoms with Crippen molar-refractivity contribution in [1.29, 1.82) is 0 Å². The molecule has 1 aromatic heterocycles. The topological polar surface area (TPSA) is 72.6 Å². The summed E-state index contributed by atoms with van der Waals surface area (Å²) < 4.78 is 8.29. The Bertz CT molecular complexity index is 780. The molecule has 0 unspecified atom stereocenters. The lowest BCUT2D eigenvalue weighted by Crippen LogP contribution is -2.34. The van der Waals surface area contributed by atoms with Crippen molar-refractivity contribution in [3.05, 3.63) is 51.9 Å². The molecule has 2 aromatic rings. The fourth-order valence-corrected chi connectivity index (χ4v) is 2.41. The third-order valence-electron chi connectivity index (χ3n) is 3.49. The Balaban J connectivity index is 2.16. The van der Waals surface area contributed by atoms with Crippen molar-refractivity contribution < 1.29 is 4.74 Å². The molecule has 0 aliphatic carbocycles. The maximum absolute atomic E-state index is 12.5. The molecule has 8 heteroatoms. The molecular formula is C16H21N5O2S. The number of hydrazone groups is 1. The van der Waals surface area contributed by atoms with Gasteiger partial charge in [0.25, 0.3) is 5.56 Å². The Morgan fingerprint density at radius 3 is 2.75 bits per heavy atom. The number of hydrogen-bond donors (Lipinski definition) is 2. The quantitative estimate of drug-likeness (QED) is 0.352. The zero-order chi connectivity index (χ0) is 17.5. The van der Waals surface area contributed by atoms with E-state index in [2.05, 4.69) is 15.8 Å². The zero-order valence-electron chi connectivity index (χ0n) is 13.9. The van der Waals surface area contributed by atoms with Crippen molar-refractivity contribution in [3.63, 3.8) is 0 Å². The number of rotatable bonds is 6. The molecule has 0 bridgehead atoms. The predicted octanol–water partition coefficient (Wildman–Crippen LogP) is 0.929. The van der Waals surface area contributed by atoms with Crippen LogP contribution < -0.4 is 16.3 Å². The van der Waals surface area contributed by atoms with Gasteiger partial charge in [0.1, 0.15) is 0 Å². The van der Waals surface area contributed by atoms with E-state index in [4.69, 9.17) is 17.0 Å². The molecule has 0 radical (unpaired) electrons. The second-order valence-electron chi connectivity index (χ2n) is 5.11. The Hall–Kier alpha value is -2.45. The molecule has 0 aliphatic heterocycles. The summed E-state index contributed by atoms with van der Waals surface area (Å²) in [5.41, 5.74) is 4.77. The summed E-state index contributed by atoms with van der Waals surface area (Å²) in [7, 11) is 3.44. The number of aromatic nitrogens is 2. The highest BCUT2D eigenvalue weighted by atomic mass is 32.1. The van der Waals surface area contributed by atoms with Gasteiger partial charge in [-0.15, -0.1) is 0 Å². The molecule has 1 heterocycles. The number of nitrogens with zero attached hydrogens (tertiary/aromatic N) is 3. The largest absolute Gasteiger partial charge is 0.383 e. The summed E-state index contributed by atoms with van der Waals surface area (Å²) in [6.45, 7) is 2.93. The molecule has 128 valence electrons. The Kier molecular flexibility index (Phi) is 6.28. The summed E-state index contributed by atoms with van der Waals surface area (Å²) in [4.78, 5) is 12.5. The minimum Gasteiger partial charge on any atom is -0.383 e. The fourth-order valence-electron chi connectivity index (χ4n) is 2.25. The maximum atomic E-state index is 12.5. The molecular weight excluding hydrogens is 326 g/mol. The Labute approximate surface area is 145 Å². The summed E-state index contributed by atoms with van der Waals surface area (Å²) in [5.74, 6) is 0. The van der Waals surface area contributed by atoms with Gasteiger partial charge in [0.05, 0.1) is 24.2 Å². The highest BCUT2D eigenvalue weighted by Gasteiger charge is 2.13. The van der Waals surface area contributed by atoms with Crippen molar-refractivity contribution in [2.75, 3.05) is 20.3 Å². The molecule has 0 spiro atoms. The van der Waals surface area contributed by atoms with Gasteiger partial charge >= 0.3 is 0 Å². The van der Waals surface area contributed by atoms with Crippen LogP contribution in [-0.2, 0) is 11.8 Å². The van der Waals surface area contributed by atoms with Gasteiger partial charge in [0.2, 0.25) is 0 Å². The van der Waals surface area contributed by atoms with E-state index < -0.39 is 0 Å². The molecule has 2 N–H and O–H groups in total. The lowest BCUT2D eigenvalue weighted by molar-refractivity contribution is 0.204. The first kappa shape index (κ1) is 17.9. The molecule has 0 amide bonds. The van der Waals surface area contributed by atoms with E-state index in [0.717, 1.165) is 5.69 Å². The molecule has 0 fully saturated rings. The highest BCUT2D eigenvalue weighted by molar-refractivity contribution is 7.80. The van der Waals surface area contributed by atoms with E-state index in [1.54, 1.807) is 29.6 Å². The summed E-state index contributed by atoms with van der Waals surface area (Å²) in [6, 6.07) is 9.46. The van der Waals surface area contributed by atoms with Crippen LogP contribution in [0.2, 0.25) is 0 Å². The Morgan fingerprint density at radius 1 is 1.38 bits per heavy atom. The summed E-state index contributed by atoms with van der Waals surface area (Å²) in [6.07, 6.45) is 1.58. The average molecular weight is 347 g/mol. The number of nitrogens with one attached hydrogen (secondary N) is 2. The van der Waals surface area contributed by atoms with Crippen LogP contribution in [0.1, 0.15) is 11.3 Å². The van der Waals surface area contributed by atoms with Crippen molar-refractivity contribution in [2.45, 2.75) is 6.92 Å². The van der Waals surface area contributed by atoms with Gasteiger partial charge in [-0.3, -0.25) is 14.9 Å². The first-order valence-electron chi connectivity index (χ1n) is 7.46. The first-order valence-corrected chi connectivity index (χ1v) is 7.87. The highest BCUT2D eigenvalue weighted by Crippen LogP contribution is 2.08. The van der Waals surface area contributed by atoms with Crippen LogP contribution in [0.3, 0.4) is 0 Å². The van der Waals surface area contributed by atoms with Crippen LogP contribution >= 0.6 is 12.2 Å². The van der Waals surface area contributed by atoms with Gasteiger partial charge in [-0.2, -0.15) is 5.10 Å². The SMILES string of the molecule is COCCNC(=S)N/N=C\c1c(C)c(=O)n(-c2ccccc2)n1C. The second kappa shape index (κ2) is 8.42. The van der Waals surface area contributed by atoms with Gasteiger partial charge in [0, 0.05) is 26.3 Å². The minimum absolute atomic E-state index is 0.0778. The van der Waals surface area contributed by atoms with Gasteiger partial charge in [-0.05, 0) is 31.3 Å². The van der Waals surface area contributed by atoms with Gasteiger partial charge in [-0.25, -0.2) is 4.68 Å². The van der Waals surface area contributed by atoms with E-state index in [1.807, 2.05) is 37.4 Å². The minimum atomic E-state index is -0.0778. The molecule has 0 atom stereocenters. The standard InChI is InChI=1S/C16H21N5O2S/c1-12-14(11-18-19-16(24)17-9-10-23-3)20(2)21(15(12)22)13-7-5-4-6-8-13/h4-8,11H,9-10H2,1-3H3,(H2,17,19,24)/b18-11-. The molecule has 7 nitrogen and oxygen atoms in total. The van der Waals surface area contributed by atoms with Crippen LogP contribution in [0.5, 0.6) is 0 Å². The Morgan fingerprint density at radius 2 is 2.08 bits per heavy atom. The van der Waals surface area contributed by atoms with Gasteiger partial charge in [0.15, 0.2) is 5.11 Å². The van der Waals surface area contributed by atoms with Crippen molar-refractivity contribution in [2.24, 2.45) is 12.1 Å². The average Bonchev–Trinajstić information content (AvgIpc) is 2.79. The van der Waals surface area contributed by atoms with Crippen molar-refractivity contribution in [1.82, 2.24) is 20.1 Å². The number of ether oxygens (including phenoxy) is 1. The maximum Gasteiger partial charge on any atom is 0.274 e. The third-order valence-corrected chi connectivity index (χ3v) is 3.73. The lowest BCUT2D eigenvalue weighted by atomic mass is 10.3. The number of thiocarbonyl (C=S) groups is 1. The molecule has 0 aliphatic rings. The van der Waals surface area contributed by atoms with Crippen LogP contribution in [0, 0.1) is 6.92 Å². The third kappa shape index (κ3) is 4.09. The van der Waals surface area contributed by atoms with Crippen LogP contribution in [0.25, 0.3) is 5.69 Å². The van der Waals surface area contributed by atoms with Crippen LogP contribution in [-0.4, -0.2) is 41.0 Å². The summed E-state index contributed by atoms with van der Waals surface area (Å²) in [5, 5.41) is 7.44. The number of hydrogen-bond acceptors (Lipinski definition) is 4. The van der Waals surface area contributed by atoms with Crippen LogP contribution in [0.4, 0.5) is 0 Å². The summed E-state index contributed by atoms with van der Waals surface area (Å²) >= 11 is 5.09. The molecule has 0 saturated heterocycles. The molecule has 2 rings (SSSR count). The van der Waals surface area contributed by atoms with E-state index in [1.165, 1.54) is 0 Å². The van der Waals surface area contributed by atoms with E-state index in [0.29, 0.717) is 29.5 Å². The van der Waals surface area contributed by atoms with Gasteiger partial charge < -0.3 is 10.1 Å². The number of para-hydroxylation sites is 1. The monoisotopic (exact) mass is 347 g/mol. The predicted molar refractivity (Wildman–Crippen MR) is 99.0 cm³/mol. The lowest BCUT2D eigenvalue weighted by Gasteiger charge is -2.08. The fraction of sp³-hybridized carbons (Fsp3) is 0.312. The smallest absolute Gasteiger partial charge is 0.274 e. The van der Waals surface area contributed by atoms with E-state index in [-0.39, 0.29) is 5.56 Å². The normalized spacial score (nSPS) is 11.0. The second-order valence-corrected chi connectivity index (χ2v) is 5.51. The number of methoxy groups -OCH3 is 1. The van der Waals surface area contributed by atoms with E-state index >= 15 is 0 Å². The van der Waals surface area contributed by atoms with Crippen LogP contribution in [0.15, 0.2) is 40.2 Å². The van der Waals surface area contributed by atoms with Gasteiger partial charge in [-0.1, -0.05) is 18.2 Å². The van der Waals surface area contributed by atoms with Crippen molar-refractivity contribution >= 4 is 23.5 Å². The number of benzene rings is 1. The molecule has 1 aromatic carbocycles. The zero-order valence-corrected chi connectivity index (χ0v) is 14.8. The molecule has 0 saturated carbocycles. The van der Waals surface area contributed by atoms with Crippen molar-refractivity contribution in [3.8, 4) is 5.69 Å². The molecule has 24 heavy (non-hydrogen) atoms. The van der Waals surface area contributed by atoms with E-state index in [9.17, 15) is 4.79 Å². The first-order chi connectivity index (χ1) is 11.6.